The van der Waals surface area contributed by atoms with Crippen molar-refractivity contribution in [3.63, 3.8) is 0 Å². The summed E-state index contributed by atoms with van der Waals surface area (Å²) in [5.74, 6) is -3.08. The summed E-state index contributed by atoms with van der Waals surface area (Å²) in [5, 5.41) is 14.6. The van der Waals surface area contributed by atoms with E-state index >= 15 is 0 Å². The molecule has 160 valence electrons. The van der Waals surface area contributed by atoms with Crippen LogP contribution >= 0.6 is 11.3 Å². The third-order valence-electron chi connectivity index (χ3n) is 5.60. The number of carbonyl (C=O) groups is 3. The van der Waals surface area contributed by atoms with Gasteiger partial charge in [-0.05, 0) is 44.7 Å². The van der Waals surface area contributed by atoms with E-state index in [2.05, 4.69) is 5.32 Å². The molecule has 2 aromatic rings. The number of anilines is 1. The average molecular weight is 430 g/mol. The van der Waals surface area contributed by atoms with Gasteiger partial charge in [0, 0.05) is 10.9 Å². The molecule has 1 amide bonds. The Kier molecular flexibility index (Phi) is 6.92. The standard InChI is InChI=1S/C23H27NO5S/c1-4-29-23(28)19-18(15-10-9-13(2)11-14(15)3)12-30-21(19)24-20(25)16-7-5-6-8-17(16)22(26)27/h9-12,16-17H,4-8H2,1-3H3,(H,24,25)(H,26,27)/t16-,17-/m0/s1. The molecule has 1 aliphatic carbocycles. The Labute approximate surface area is 180 Å². The number of hydrogen-bond donors (Lipinski definition) is 2. The molecule has 0 bridgehead atoms. The molecule has 0 radical (unpaired) electrons. The molecule has 0 saturated heterocycles. The summed E-state index contributed by atoms with van der Waals surface area (Å²) in [6.07, 6.45) is 2.67. The van der Waals surface area contributed by atoms with Crippen LogP contribution in [0.25, 0.3) is 11.1 Å². The molecule has 0 spiro atoms. The average Bonchev–Trinajstić information content (AvgIpc) is 3.11. The van der Waals surface area contributed by atoms with Crippen LogP contribution in [-0.4, -0.2) is 29.6 Å². The molecule has 30 heavy (non-hydrogen) atoms. The largest absolute Gasteiger partial charge is 0.481 e. The van der Waals surface area contributed by atoms with E-state index in [4.69, 9.17) is 4.74 Å². The van der Waals surface area contributed by atoms with Crippen molar-refractivity contribution in [3.8, 4) is 11.1 Å². The minimum absolute atomic E-state index is 0.220. The number of rotatable bonds is 6. The van der Waals surface area contributed by atoms with Gasteiger partial charge in [0.25, 0.3) is 0 Å². The zero-order valence-electron chi connectivity index (χ0n) is 17.5. The van der Waals surface area contributed by atoms with Gasteiger partial charge in [0.15, 0.2) is 0 Å². The van der Waals surface area contributed by atoms with Gasteiger partial charge in [-0.15, -0.1) is 11.3 Å². The maximum absolute atomic E-state index is 13.0. The van der Waals surface area contributed by atoms with E-state index in [1.807, 2.05) is 37.4 Å². The number of aryl methyl sites for hydroxylation is 2. The lowest BCUT2D eigenvalue weighted by atomic mass is 9.78. The van der Waals surface area contributed by atoms with E-state index in [1.54, 1.807) is 6.92 Å². The second kappa shape index (κ2) is 9.43. The minimum atomic E-state index is -0.942. The second-order valence-corrected chi connectivity index (χ2v) is 8.60. The number of aliphatic carboxylic acids is 1. The summed E-state index contributed by atoms with van der Waals surface area (Å²) >= 11 is 1.26. The monoisotopic (exact) mass is 429 g/mol. The zero-order chi connectivity index (χ0) is 21.8. The maximum atomic E-state index is 13.0. The van der Waals surface area contributed by atoms with Crippen molar-refractivity contribution in [2.45, 2.75) is 46.5 Å². The summed E-state index contributed by atoms with van der Waals surface area (Å²) in [7, 11) is 0. The van der Waals surface area contributed by atoms with Gasteiger partial charge in [-0.1, -0.05) is 36.6 Å². The highest BCUT2D eigenvalue weighted by molar-refractivity contribution is 7.15. The molecule has 0 unspecified atom stereocenters. The molecule has 1 heterocycles. The zero-order valence-corrected chi connectivity index (χ0v) is 18.3. The summed E-state index contributed by atoms with van der Waals surface area (Å²) in [5.41, 5.74) is 4.08. The molecule has 1 aromatic carbocycles. The number of thiophene rings is 1. The van der Waals surface area contributed by atoms with Crippen LogP contribution in [0.2, 0.25) is 0 Å². The first-order valence-corrected chi connectivity index (χ1v) is 11.1. The predicted molar refractivity (Wildman–Crippen MR) is 117 cm³/mol. The minimum Gasteiger partial charge on any atom is -0.481 e. The molecular formula is C23H27NO5S. The number of hydrogen-bond acceptors (Lipinski definition) is 5. The molecule has 1 aliphatic rings. The molecule has 1 aromatic heterocycles. The highest BCUT2D eigenvalue weighted by Crippen LogP contribution is 2.39. The SMILES string of the molecule is CCOC(=O)c1c(-c2ccc(C)cc2C)csc1NC(=O)[C@H]1CCCC[C@@H]1C(=O)O. The molecule has 7 heteroatoms. The molecule has 1 saturated carbocycles. The molecule has 2 atom stereocenters. The van der Waals surface area contributed by atoms with Crippen LogP contribution in [0.1, 0.15) is 54.1 Å². The van der Waals surface area contributed by atoms with E-state index in [1.165, 1.54) is 11.3 Å². The molecule has 6 nitrogen and oxygen atoms in total. The van der Waals surface area contributed by atoms with Crippen LogP contribution < -0.4 is 5.32 Å². The van der Waals surface area contributed by atoms with Crippen LogP contribution in [0, 0.1) is 25.7 Å². The Balaban J connectivity index is 1.96. The lowest BCUT2D eigenvalue weighted by molar-refractivity contribution is -0.147. The Hall–Kier alpha value is -2.67. The topological polar surface area (TPSA) is 92.7 Å². The van der Waals surface area contributed by atoms with Gasteiger partial charge < -0.3 is 15.2 Å². The number of carbonyl (C=O) groups excluding carboxylic acids is 2. The molecule has 2 N–H and O–H groups in total. The Bertz CT molecular complexity index is 964. The van der Waals surface area contributed by atoms with Crippen molar-refractivity contribution in [1.29, 1.82) is 0 Å². The quantitative estimate of drug-likeness (QED) is 0.628. The van der Waals surface area contributed by atoms with Crippen molar-refractivity contribution < 1.29 is 24.2 Å². The number of carboxylic acids is 1. The van der Waals surface area contributed by atoms with Crippen molar-refractivity contribution in [3.05, 3.63) is 40.3 Å². The molecular weight excluding hydrogens is 402 g/mol. The number of carboxylic acid groups (broad SMARTS) is 1. The van der Waals surface area contributed by atoms with Crippen LogP contribution in [-0.2, 0) is 14.3 Å². The fourth-order valence-electron chi connectivity index (χ4n) is 4.11. The molecule has 3 rings (SSSR count). The van der Waals surface area contributed by atoms with E-state index < -0.39 is 23.8 Å². The smallest absolute Gasteiger partial charge is 0.341 e. The number of nitrogens with one attached hydrogen (secondary N) is 1. The second-order valence-electron chi connectivity index (χ2n) is 7.72. The number of ether oxygens (including phenoxy) is 1. The van der Waals surface area contributed by atoms with Gasteiger partial charge >= 0.3 is 11.9 Å². The van der Waals surface area contributed by atoms with Crippen LogP contribution in [0.3, 0.4) is 0 Å². The third kappa shape index (κ3) is 4.56. The van der Waals surface area contributed by atoms with E-state index in [0.29, 0.717) is 29.0 Å². The van der Waals surface area contributed by atoms with Crippen molar-refractivity contribution >= 4 is 34.2 Å². The van der Waals surface area contributed by atoms with E-state index in [0.717, 1.165) is 29.5 Å². The highest BCUT2D eigenvalue weighted by atomic mass is 32.1. The normalized spacial score (nSPS) is 18.6. The van der Waals surface area contributed by atoms with Crippen molar-refractivity contribution in [2.75, 3.05) is 11.9 Å². The number of esters is 1. The Morgan fingerprint density at radius 1 is 1.13 bits per heavy atom. The van der Waals surface area contributed by atoms with Crippen LogP contribution in [0.4, 0.5) is 5.00 Å². The molecule has 0 aliphatic heterocycles. The van der Waals surface area contributed by atoms with Crippen LogP contribution in [0.15, 0.2) is 23.6 Å². The maximum Gasteiger partial charge on any atom is 0.341 e. The van der Waals surface area contributed by atoms with Gasteiger partial charge in [0.05, 0.1) is 18.4 Å². The summed E-state index contributed by atoms with van der Waals surface area (Å²) in [6.45, 7) is 5.94. The van der Waals surface area contributed by atoms with Crippen molar-refractivity contribution in [2.24, 2.45) is 11.8 Å². The number of amides is 1. The van der Waals surface area contributed by atoms with Crippen LogP contribution in [0.5, 0.6) is 0 Å². The Morgan fingerprint density at radius 3 is 2.47 bits per heavy atom. The fraction of sp³-hybridized carbons (Fsp3) is 0.435. The lowest BCUT2D eigenvalue weighted by Crippen LogP contribution is -2.36. The van der Waals surface area contributed by atoms with Crippen molar-refractivity contribution in [1.82, 2.24) is 0 Å². The van der Waals surface area contributed by atoms with Gasteiger partial charge in [-0.3, -0.25) is 9.59 Å². The predicted octanol–water partition coefficient (Wildman–Crippen LogP) is 5.04. The van der Waals surface area contributed by atoms with E-state index in [-0.39, 0.29) is 12.5 Å². The van der Waals surface area contributed by atoms with Gasteiger partial charge in [0.2, 0.25) is 5.91 Å². The van der Waals surface area contributed by atoms with Gasteiger partial charge in [-0.2, -0.15) is 0 Å². The van der Waals surface area contributed by atoms with Gasteiger partial charge in [0.1, 0.15) is 10.6 Å². The summed E-state index contributed by atoms with van der Waals surface area (Å²) < 4.78 is 5.26. The lowest BCUT2D eigenvalue weighted by Gasteiger charge is -2.27. The first-order valence-electron chi connectivity index (χ1n) is 10.2. The van der Waals surface area contributed by atoms with Gasteiger partial charge in [-0.25, -0.2) is 4.79 Å². The highest BCUT2D eigenvalue weighted by Gasteiger charge is 2.36. The summed E-state index contributed by atoms with van der Waals surface area (Å²) in [4.78, 5) is 37.3. The molecule has 1 fully saturated rings. The fourth-order valence-corrected chi connectivity index (χ4v) is 5.07. The third-order valence-corrected chi connectivity index (χ3v) is 6.49. The number of benzene rings is 1. The van der Waals surface area contributed by atoms with E-state index in [9.17, 15) is 19.5 Å². The Morgan fingerprint density at radius 2 is 1.83 bits per heavy atom. The first kappa shape index (κ1) is 22.0. The summed E-state index contributed by atoms with van der Waals surface area (Å²) in [6, 6.07) is 5.98. The first-order chi connectivity index (χ1) is 14.3.